The summed E-state index contributed by atoms with van der Waals surface area (Å²) >= 11 is 0. The van der Waals surface area contributed by atoms with Crippen molar-refractivity contribution in [3.63, 3.8) is 0 Å². The van der Waals surface area contributed by atoms with Crippen molar-refractivity contribution in [1.82, 2.24) is 5.32 Å². The quantitative estimate of drug-likeness (QED) is 0.888. The van der Waals surface area contributed by atoms with Crippen molar-refractivity contribution in [3.8, 4) is 0 Å². The van der Waals surface area contributed by atoms with E-state index >= 15 is 0 Å². The van der Waals surface area contributed by atoms with Gasteiger partial charge in [0.1, 0.15) is 5.82 Å². The summed E-state index contributed by atoms with van der Waals surface area (Å²) in [6, 6.07) is 16.7. The number of halogens is 1. The number of benzene rings is 2. The van der Waals surface area contributed by atoms with E-state index in [2.05, 4.69) is 10.2 Å². The van der Waals surface area contributed by atoms with E-state index in [-0.39, 0.29) is 23.7 Å². The molecule has 0 bridgehead atoms. The van der Waals surface area contributed by atoms with Gasteiger partial charge in [0, 0.05) is 24.8 Å². The van der Waals surface area contributed by atoms with Crippen LogP contribution in [-0.4, -0.2) is 25.0 Å². The van der Waals surface area contributed by atoms with E-state index in [1.54, 1.807) is 12.1 Å². The van der Waals surface area contributed by atoms with Gasteiger partial charge in [-0.25, -0.2) is 4.39 Å². The lowest BCUT2D eigenvalue weighted by Gasteiger charge is -2.35. The second-order valence-electron chi connectivity index (χ2n) is 6.65. The molecule has 0 aromatic heterocycles. The standard InChI is InChI=1S/C21H25FN2O/c1-2-20(16-8-4-3-5-9-16)21(25)23-18-11-7-13-24(15-18)19-12-6-10-17(22)14-19/h3-6,8-10,12,14,18,20H,2,7,11,13,15H2,1H3,(H,23,25). The molecule has 1 amide bonds. The molecule has 1 aliphatic rings. The Bertz CT molecular complexity index is 704. The molecule has 2 atom stereocenters. The number of nitrogens with one attached hydrogen (secondary N) is 1. The molecule has 4 heteroatoms. The van der Waals surface area contributed by atoms with Gasteiger partial charge in [0.25, 0.3) is 0 Å². The number of hydrogen-bond acceptors (Lipinski definition) is 2. The van der Waals surface area contributed by atoms with Crippen LogP contribution in [-0.2, 0) is 4.79 Å². The molecule has 2 unspecified atom stereocenters. The summed E-state index contributed by atoms with van der Waals surface area (Å²) in [4.78, 5) is 14.9. The number of hydrogen-bond donors (Lipinski definition) is 1. The second-order valence-corrected chi connectivity index (χ2v) is 6.65. The Morgan fingerprint density at radius 2 is 2.04 bits per heavy atom. The number of rotatable bonds is 5. The lowest BCUT2D eigenvalue weighted by molar-refractivity contribution is -0.123. The van der Waals surface area contributed by atoms with Crippen LogP contribution < -0.4 is 10.2 Å². The number of anilines is 1. The third-order valence-corrected chi connectivity index (χ3v) is 4.87. The second kappa shape index (κ2) is 8.15. The Morgan fingerprint density at radius 3 is 2.76 bits per heavy atom. The van der Waals surface area contributed by atoms with Crippen LogP contribution in [0, 0.1) is 5.82 Å². The molecule has 25 heavy (non-hydrogen) atoms. The molecule has 1 saturated heterocycles. The van der Waals surface area contributed by atoms with E-state index < -0.39 is 0 Å². The number of carbonyl (C=O) groups is 1. The fourth-order valence-corrected chi connectivity index (χ4v) is 3.56. The van der Waals surface area contributed by atoms with Gasteiger partial charge in [-0.2, -0.15) is 0 Å². The van der Waals surface area contributed by atoms with Gasteiger partial charge >= 0.3 is 0 Å². The maximum atomic E-state index is 13.5. The molecule has 1 aliphatic heterocycles. The van der Waals surface area contributed by atoms with E-state index in [9.17, 15) is 9.18 Å². The summed E-state index contributed by atoms with van der Waals surface area (Å²) in [6.45, 7) is 3.66. The maximum absolute atomic E-state index is 13.5. The fraction of sp³-hybridized carbons (Fsp3) is 0.381. The summed E-state index contributed by atoms with van der Waals surface area (Å²) in [5, 5.41) is 3.21. The normalized spacial score (nSPS) is 18.6. The molecule has 3 nitrogen and oxygen atoms in total. The molecule has 0 spiro atoms. The predicted molar refractivity (Wildman–Crippen MR) is 99.3 cm³/mol. The van der Waals surface area contributed by atoms with Crippen LogP contribution >= 0.6 is 0 Å². The molecule has 3 rings (SSSR count). The summed E-state index contributed by atoms with van der Waals surface area (Å²) in [6.07, 6.45) is 2.72. The highest BCUT2D eigenvalue weighted by Gasteiger charge is 2.25. The first kappa shape index (κ1) is 17.5. The van der Waals surface area contributed by atoms with Crippen molar-refractivity contribution in [2.24, 2.45) is 0 Å². The lowest BCUT2D eigenvalue weighted by Crippen LogP contribution is -2.49. The molecule has 1 heterocycles. The Morgan fingerprint density at radius 1 is 1.24 bits per heavy atom. The topological polar surface area (TPSA) is 32.3 Å². The zero-order valence-electron chi connectivity index (χ0n) is 14.6. The number of piperidine rings is 1. The van der Waals surface area contributed by atoms with Crippen molar-refractivity contribution in [2.45, 2.75) is 38.1 Å². The van der Waals surface area contributed by atoms with Gasteiger partial charge in [0.05, 0.1) is 5.92 Å². The first-order valence-electron chi connectivity index (χ1n) is 9.03. The minimum absolute atomic E-state index is 0.0831. The highest BCUT2D eigenvalue weighted by atomic mass is 19.1. The van der Waals surface area contributed by atoms with Crippen molar-refractivity contribution in [1.29, 1.82) is 0 Å². The largest absolute Gasteiger partial charge is 0.369 e. The average molecular weight is 340 g/mol. The van der Waals surface area contributed by atoms with Gasteiger partial charge in [-0.05, 0) is 43.0 Å². The van der Waals surface area contributed by atoms with E-state index in [4.69, 9.17) is 0 Å². The van der Waals surface area contributed by atoms with Gasteiger partial charge in [-0.15, -0.1) is 0 Å². The first-order valence-corrected chi connectivity index (χ1v) is 9.03. The van der Waals surface area contributed by atoms with Crippen LogP contribution in [0.15, 0.2) is 54.6 Å². The molecule has 132 valence electrons. The van der Waals surface area contributed by atoms with Gasteiger partial charge in [0.2, 0.25) is 5.91 Å². The Labute approximate surface area is 148 Å². The number of carbonyl (C=O) groups excluding carboxylic acids is 1. The summed E-state index contributed by atoms with van der Waals surface area (Å²) < 4.78 is 13.5. The fourth-order valence-electron chi connectivity index (χ4n) is 3.56. The highest BCUT2D eigenvalue weighted by Crippen LogP contribution is 2.23. The molecule has 0 saturated carbocycles. The molecular formula is C21H25FN2O. The smallest absolute Gasteiger partial charge is 0.227 e. The predicted octanol–water partition coefficient (Wildman–Crippen LogP) is 4.10. The highest BCUT2D eigenvalue weighted by molar-refractivity contribution is 5.83. The maximum Gasteiger partial charge on any atom is 0.227 e. The van der Waals surface area contributed by atoms with Crippen molar-refractivity contribution in [3.05, 3.63) is 66.0 Å². The van der Waals surface area contributed by atoms with Crippen LogP contribution in [0.1, 0.15) is 37.7 Å². The van der Waals surface area contributed by atoms with E-state index in [0.29, 0.717) is 0 Å². The molecule has 1 N–H and O–H groups in total. The van der Waals surface area contributed by atoms with Gasteiger partial charge in [-0.1, -0.05) is 43.3 Å². The first-order chi connectivity index (χ1) is 12.2. The summed E-state index contributed by atoms with van der Waals surface area (Å²) in [5.74, 6) is -0.260. The Hall–Kier alpha value is -2.36. The van der Waals surface area contributed by atoms with Gasteiger partial charge < -0.3 is 10.2 Å². The zero-order chi connectivity index (χ0) is 17.6. The Kier molecular flexibility index (Phi) is 5.69. The van der Waals surface area contributed by atoms with Crippen molar-refractivity contribution < 1.29 is 9.18 Å². The van der Waals surface area contributed by atoms with Crippen molar-refractivity contribution in [2.75, 3.05) is 18.0 Å². The lowest BCUT2D eigenvalue weighted by atomic mass is 9.94. The molecule has 1 fully saturated rings. The molecule has 0 aliphatic carbocycles. The molecule has 2 aromatic rings. The van der Waals surface area contributed by atoms with Crippen LogP contribution in [0.3, 0.4) is 0 Å². The van der Waals surface area contributed by atoms with E-state index in [1.165, 1.54) is 6.07 Å². The third-order valence-electron chi connectivity index (χ3n) is 4.87. The third kappa shape index (κ3) is 4.38. The number of nitrogens with zero attached hydrogens (tertiary/aromatic N) is 1. The van der Waals surface area contributed by atoms with Gasteiger partial charge in [0.15, 0.2) is 0 Å². The monoisotopic (exact) mass is 340 g/mol. The molecule has 2 aromatic carbocycles. The SMILES string of the molecule is CCC(C(=O)NC1CCCN(c2cccc(F)c2)C1)c1ccccc1. The van der Waals surface area contributed by atoms with Crippen LogP contribution in [0.5, 0.6) is 0 Å². The minimum Gasteiger partial charge on any atom is -0.369 e. The van der Waals surface area contributed by atoms with E-state index in [0.717, 1.165) is 43.6 Å². The van der Waals surface area contributed by atoms with Crippen LogP contribution in [0.25, 0.3) is 0 Å². The van der Waals surface area contributed by atoms with Crippen LogP contribution in [0.2, 0.25) is 0 Å². The molecule has 0 radical (unpaired) electrons. The van der Waals surface area contributed by atoms with Crippen LogP contribution in [0.4, 0.5) is 10.1 Å². The Balaban J connectivity index is 1.65. The van der Waals surface area contributed by atoms with Crippen molar-refractivity contribution >= 4 is 11.6 Å². The summed E-state index contributed by atoms with van der Waals surface area (Å²) in [7, 11) is 0. The average Bonchev–Trinajstić information content (AvgIpc) is 2.63. The minimum atomic E-state index is -0.223. The number of amides is 1. The summed E-state index contributed by atoms with van der Waals surface area (Å²) in [5.41, 5.74) is 1.94. The zero-order valence-corrected chi connectivity index (χ0v) is 14.6. The van der Waals surface area contributed by atoms with E-state index in [1.807, 2.05) is 43.3 Å². The molecular weight excluding hydrogens is 315 g/mol. The van der Waals surface area contributed by atoms with Gasteiger partial charge in [-0.3, -0.25) is 4.79 Å².